The van der Waals surface area contributed by atoms with E-state index in [1.807, 2.05) is 24.3 Å². The number of aliphatic hydroxyl groups is 1. The minimum Gasteiger partial charge on any atom is -0.493 e. The molecule has 4 rings (SSSR count). The van der Waals surface area contributed by atoms with Crippen LogP contribution >= 0.6 is 0 Å². The fourth-order valence-electron chi connectivity index (χ4n) is 4.52. The minimum absolute atomic E-state index is 0.00814. The number of para-hydroxylation sites is 2. The molecule has 1 aliphatic rings. The monoisotopic (exact) mass is 454 g/mol. The van der Waals surface area contributed by atoms with Crippen molar-refractivity contribution in [3.8, 4) is 11.5 Å². The van der Waals surface area contributed by atoms with Crippen molar-refractivity contribution in [2.24, 2.45) is 0 Å². The van der Waals surface area contributed by atoms with Crippen molar-refractivity contribution >= 4 is 10.9 Å². The fourth-order valence-corrected chi connectivity index (χ4v) is 4.52. The molecule has 2 aromatic carbocycles. The number of benzene rings is 2. The quantitative estimate of drug-likeness (QED) is 0.389. The number of aromatic nitrogens is 1. The van der Waals surface area contributed by atoms with Gasteiger partial charge in [-0.15, -0.1) is 0 Å². The lowest BCUT2D eigenvalue weighted by molar-refractivity contribution is -0.0164. The van der Waals surface area contributed by atoms with Crippen molar-refractivity contribution in [2.75, 3.05) is 47.1 Å². The van der Waals surface area contributed by atoms with Crippen LogP contribution in [0.1, 0.15) is 29.9 Å². The maximum absolute atomic E-state index is 10.4. The summed E-state index contributed by atoms with van der Waals surface area (Å²) < 4.78 is 22.5. The van der Waals surface area contributed by atoms with E-state index in [9.17, 15) is 5.11 Å². The van der Waals surface area contributed by atoms with Crippen LogP contribution in [0.25, 0.3) is 10.9 Å². The summed E-state index contributed by atoms with van der Waals surface area (Å²) in [7, 11) is 3.31. The number of ether oxygens (including phenoxy) is 4. The lowest BCUT2D eigenvalue weighted by Crippen LogP contribution is -2.34. The number of nitrogens with one attached hydrogen (secondary N) is 2. The van der Waals surface area contributed by atoms with E-state index in [2.05, 4.69) is 34.7 Å². The largest absolute Gasteiger partial charge is 0.493 e. The van der Waals surface area contributed by atoms with Crippen LogP contribution < -0.4 is 14.8 Å². The molecule has 7 nitrogen and oxygen atoms in total. The predicted molar refractivity (Wildman–Crippen MR) is 128 cm³/mol. The second-order valence-corrected chi connectivity index (χ2v) is 8.41. The number of hydrogen-bond donors (Lipinski definition) is 3. The third-order valence-electron chi connectivity index (χ3n) is 6.17. The predicted octanol–water partition coefficient (Wildman–Crippen LogP) is 3.46. The van der Waals surface area contributed by atoms with Gasteiger partial charge in [0.1, 0.15) is 0 Å². The number of aromatic amines is 1. The van der Waals surface area contributed by atoms with E-state index in [1.165, 1.54) is 0 Å². The van der Waals surface area contributed by atoms with Crippen LogP contribution in [0.5, 0.6) is 11.5 Å². The van der Waals surface area contributed by atoms with Crippen molar-refractivity contribution in [1.82, 2.24) is 10.3 Å². The molecular formula is C26H34N2O5. The number of hydrogen-bond acceptors (Lipinski definition) is 6. The van der Waals surface area contributed by atoms with Crippen LogP contribution in [0.15, 0.2) is 48.7 Å². The molecule has 0 amide bonds. The first-order valence-electron chi connectivity index (χ1n) is 11.6. The Morgan fingerprint density at radius 2 is 1.97 bits per heavy atom. The lowest BCUT2D eigenvalue weighted by Gasteiger charge is -2.23. The average Bonchev–Trinajstić information content (AvgIpc) is 3.51. The maximum atomic E-state index is 10.4. The van der Waals surface area contributed by atoms with Gasteiger partial charge in [0.25, 0.3) is 0 Å². The third-order valence-corrected chi connectivity index (χ3v) is 6.17. The molecule has 0 bridgehead atoms. The van der Waals surface area contributed by atoms with E-state index >= 15 is 0 Å². The normalized spacial score (nSPS) is 17.8. The highest BCUT2D eigenvalue weighted by molar-refractivity contribution is 5.84. The van der Waals surface area contributed by atoms with E-state index in [0.29, 0.717) is 25.4 Å². The Morgan fingerprint density at radius 3 is 2.76 bits per heavy atom. The highest BCUT2D eigenvalue weighted by Crippen LogP contribution is 2.40. The summed E-state index contributed by atoms with van der Waals surface area (Å²) in [6, 6.07) is 14.2. The van der Waals surface area contributed by atoms with Crippen molar-refractivity contribution in [2.45, 2.75) is 31.0 Å². The number of H-pyrrole nitrogens is 1. The Bertz CT molecular complexity index is 1010. The highest BCUT2D eigenvalue weighted by atomic mass is 16.5. The molecule has 2 heterocycles. The van der Waals surface area contributed by atoms with Gasteiger partial charge in [-0.1, -0.05) is 30.3 Å². The van der Waals surface area contributed by atoms with Crippen molar-refractivity contribution in [3.63, 3.8) is 0 Å². The number of rotatable bonds is 12. The molecule has 3 atom stereocenters. The van der Waals surface area contributed by atoms with Crippen LogP contribution in [0, 0.1) is 0 Å². The molecule has 0 spiro atoms. The van der Waals surface area contributed by atoms with Gasteiger partial charge in [0.05, 0.1) is 39.6 Å². The molecule has 0 aliphatic carbocycles. The molecule has 1 aromatic heterocycles. The summed E-state index contributed by atoms with van der Waals surface area (Å²) in [5, 5.41) is 15.0. The van der Waals surface area contributed by atoms with Crippen molar-refractivity contribution < 1.29 is 24.1 Å². The van der Waals surface area contributed by atoms with Crippen molar-refractivity contribution in [3.05, 3.63) is 59.8 Å². The topological polar surface area (TPSA) is 85.0 Å². The molecule has 1 fully saturated rings. The van der Waals surface area contributed by atoms with Gasteiger partial charge in [-0.3, -0.25) is 0 Å². The first kappa shape index (κ1) is 23.6. The second kappa shape index (κ2) is 11.5. The first-order chi connectivity index (χ1) is 16.2. The number of aliphatic hydroxyl groups excluding tert-OH is 1. The van der Waals surface area contributed by atoms with Gasteiger partial charge in [-0.25, -0.2) is 0 Å². The summed E-state index contributed by atoms with van der Waals surface area (Å²) in [6.07, 6.45) is 3.74. The second-order valence-electron chi connectivity index (χ2n) is 8.41. The Kier molecular flexibility index (Phi) is 8.23. The highest BCUT2D eigenvalue weighted by Gasteiger charge is 2.24. The van der Waals surface area contributed by atoms with Gasteiger partial charge >= 0.3 is 0 Å². The smallest absolute Gasteiger partial charge is 0.164 e. The Balaban J connectivity index is 1.47. The van der Waals surface area contributed by atoms with Crippen molar-refractivity contribution in [1.29, 1.82) is 0 Å². The molecule has 1 aliphatic heterocycles. The molecule has 178 valence electrons. The van der Waals surface area contributed by atoms with Crippen LogP contribution in [0.3, 0.4) is 0 Å². The van der Waals surface area contributed by atoms with Gasteiger partial charge in [0, 0.05) is 48.3 Å². The van der Waals surface area contributed by atoms with E-state index < -0.39 is 6.10 Å². The van der Waals surface area contributed by atoms with E-state index in [0.717, 1.165) is 47.2 Å². The molecule has 7 heteroatoms. The van der Waals surface area contributed by atoms with E-state index in [4.69, 9.17) is 18.9 Å². The lowest BCUT2D eigenvalue weighted by atomic mass is 9.89. The van der Waals surface area contributed by atoms with Crippen LogP contribution in [0.4, 0.5) is 0 Å². The Morgan fingerprint density at radius 1 is 1.09 bits per heavy atom. The minimum atomic E-state index is -0.595. The SMILES string of the molecule is COc1cccc(C(CNCC(O)COCC2CCCO2)c2c[nH]c3ccccc23)c1OC. The van der Waals surface area contributed by atoms with Crippen LogP contribution in [-0.2, 0) is 9.47 Å². The van der Waals surface area contributed by atoms with E-state index in [-0.39, 0.29) is 18.6 Å². The molecule has 3 aromatic rings. The van der Waals surface area contributed by atoms with Gasteiger partial charge in [0.15, 0.2) is 11.5 Å². The molecular weight excluding hydrogens is 420 g/mol. The molecule has 33 heavy (non-hydrogen) atoms. The van der Waals surface area contributed by atoms with Gasteiger partial charge in [-0.2, -0.15) is 0 Å². The van der Waals surface area contributed by atoms with Gasteiger partial charge < -0.3 is 34.4 Å². The Labute approximate surface area is 195 Å². The third kappa shape index (κ3) is 5.68. The van der Waals surface area contributed by atoms with Crippen LogP contribution in [0.2, 0.25) is 0 Å². The standard InChI is InChI=1S/C26H34N2O5/c1-30-25-11-5-9-21(26(25)31-2)22(23-15-28-24-10-4-3-8-20(23)24)14-27-13-18(29)16-32-17-19-7-6-12-33-19/h3-5,8-11,15,18-19,22,27-29H,6-7,12-14,16-17H2,1-2H3. The zero-order chi connectivity index (χ0) is 23.0. The zero-order valence-electron chi connectivity index (χ0n) is 19.4. The number of fused-ring (bicyclic) bond motifs is 1. The first-order valence-corrected chi connectivity index (χ1v) is 11.6. The van der Waals surface area contributed by atoms with Crippen LogP contribution in [-0.4, -0.2) is 69.4 Å². The molecule has 3 N–H and O–H groups in total. The summed E-state index contributed by atoms with van der Waals surface area (Å²) in [6.45, 7) is 2.68. The van der Waals surface area contributed by atoms with Gasteiger partial charge in [-0.05, 0) is 30.5 Å². The molecule has 0 saturated carbocycles. The fraction of sp³-hybridized carbons (Fsp3) is 0.462. The van der Waals surface area contributed by atoms with Gasteiger partial charge in [0.2, 0.25) is 0 Å². The summed E-state index contributed by atoms with van der Waals surface area (Å²) in [5.41, 5.74) is 3.27. The zero-order valence-corrected chi connectivity index (χ0v) is 19.4. The molecule has 3 unspecified atom stereocenters. The Hall–Kier alpha value is -2.58. The maximum Gasteiger partial charge on any atom is 0.164 e. The summed E-state index contributed by atoms with van der Waals surface area (Å²) in [5.74, 6) is 1.41. The molecule has 1 saturated heterocycles. The summed E-state index contributed by atoms with van der Waals surface area (Å²) in [4.78, 5) is 3.38. The summed E-state index contributed by atoms with van der Waals surface area (Å²) >= 11 is 0. The molecule has 0 radical (unpaired) electrons. The average molecular weight is 455 g/mol. The number of methoxy groups -OCH3 is 2. The van der Waals surface area contributed by atoms with E-state index in [1.54, 1.807) is 14.2 Å².